The number of hydrogen-bond acceptors (Lipinski definition) is 5. The number of unbranched alkanes of at least 4 members (excludes halogenated alkanes) is 5. The summed E-state index contributed by atoms with van der Waals surface area (Å²) in [5, 5.41) is 23.3. The number of aromatic nitrogens is 3. The van der Waals surface area contributed by atoms with Crippen molar-refractivity contribution in [1.29, 1.82) is 0 Å². The summed E-state index contributed by atoms with van der Waals surface area (Å²) in [5.41, 5.74) is 4.56. The van der Waals surface area contributed by atoms with Crippen LogP contribution in [0.2, 0.25) is 0 Å². The molecule has 4 aromatic rings. The highest BCUT2D eigenvalue weighted by Gasteiger charge is 2.14. The molecule has 4 rings (SSSR count). The van der Waals surface area contributed by atoms with E-state index in [4.69, 9.17) is 0 Å². The Balaban J connectivity index is 1.40. The van der Waals surface area contributed by atoms with Gasteiger partial charge in [0.2, 0.25) is 0 Å². The van der Waals surface area contributed by atoms with E-state index >= 15 is 0 Å². The molecule has 6 heteroatoms. The number of rotatable bonds is 11. The molecule has 1 heterocycles. The second-order valence-electron chi connectivity index (χ2n) is 10.4. The van der Waals surface area contributed by atoms with Gasteiger partial charge in [-0.3, -0.25) is 0 Å². The molecule has 3 aromatic carbocycles. The number of hydrogen-bond donors (Lipinski definition) is 2. The van der Waals surface area contributed by atoms with Crippen molar-refractivity contribution in [3.8, 4) is 11.4 Å². The highest BCUT2D eigenvalue weighted by atomic mass is 32.2. The summed E-state index contributed by atoms with van der Waals surface area (Å²) < 4.78 is 0. The minimum absolute atomic E-state index is 0.147. The predicted molar refractivity (Wildman–Crippen MR) is 152 cm³/mol. The average Bonchev–Trinajstić information content (AvgIpc) is 3.26. The smallest absolute Gasteiger partial charge is 0.145 e. The number of fused-ring (bicyclic) bond motifs is 1. The van der Waals surface area contributed by atoms with E-state index in [2.05, 4.69) is 79.6 Å². The Morgan fingerprint density at radius 2 is 1.50 bits per heavy atom. The van der Waals surface area contributed by atoms with Gasteiger partial charge in [0.15, 0.2) is 0 Å². The fourth-order valence-electron chi connectivity index (χ4n) is 4.17. The van der Waals surface area contributed by atoms with Crippen molar-refractivity contribution >= 4 is 28.5 Å². The maximum absolute atomic E-state index is 10.7. The van der Waals surface area contributed by atoms with Gasteiger partial charge in [-0.25, -0.2) is 0 Å². The Morgan fingerprint density at radius 3 is 2.22 bits per heavy atom. The van der Waals surface area contributed by atoms with Gasteiger partial charge in [0.1, 0.15) is 22.5 Å². The molecule has 2 N–H and O–H groups in total. The topological polar surface area (TPSA) is 63.0 Å². The van der Waals surface area contributed by atoms with Crippen molar-refractivity contribution in [3.05, 3.63) is 66.2 Å². The van der Waals surface area contributed by atoms with Gasteiger partial charge in [0, 0.05) is 28.1 Å². The largest absolute Gasteiger partial charge is 0.506 e. The van der Waals surface area contributed by atoms with Crippen LogP contribution in [-0.2, 0) is 5.41 Å². The number of phenolic OH excluding ortho intramolecular Hbond substituents is 1. The molecule has 0 radical (unpaired) electrons. The molecular formula is C30H38N4OS. The summed E-state index contributed by atoms with van der Waals surface area (Å²) >= 11 is 1.71. The maximum atomic E-state index is 10.7. The van der Waals surface area contributed by atoms with Crippen LogP contribution in [0.1, 0.15) is 71.8 Å². The Morgan fingerprint density at radius 1 is 0.806 bits per heavy atom. The quantitative estimate of drug-likeness (QED) is 0.202. The second kappa shape index (κ2) is 11.8. The van der Waals surface area contributed by atoms with Gasteiger partial charge in [-0.1, -0.05) is 83.7 Å². The van der Waals surface area contributed by atoms with Crippen molar-refractivity contribution < 1.29 is 5.11 Å². The molecule has 0 saturated carbocycles. The lowest BCUT2D eigenvalue weighted by Crippen LogP contribution is -2.10. The van der Waals surface area contributed by atoms with Crippen LogP contribution >= 0.6 is 11.8 Å². The van der Waals surface area contributed by atoms with E-state index in [-0.39, 0.29) is 11.2 Å². The van der Waals surface area contributed by atoms with E-state index in [0.717, 1.165) is 34.6 Å². The fourth-order valence-corrected chi connectivity index (χ4v) is 5.02. The molecule has 0 bridgehead atoms. The molecule has 0 unspecified atom stereocenters. The standard InChI is InChI=1S/C30H38N4OS/c1-5-6-7-8-9-10-19-31-23-13-18-28(29(35)20-23)34-32-26-17-16-25(21-27(26)33-34)36-24-14-11-22(12-15-24)30(2,3)4/h11-18,20-21,31,35H,5-10,19H2,1-4H3. The number of phenols is 1. The average molecular weight is 503 g/mol. The first-order valence-corrected chi connectivity index (χ1v) is 13.9. The highest BCUT2D eigenvalue weighted by Crippen LogP contribution is 2.32. The van der Waals surface area contributed by atoms with Crippen LogP contribution in [-0.4, -0.2) is 26.6 Å². The number of aromatic hydroxyl groups is 1. The van der Waals surface area contributed by atoms with Crippen LogP contribution in [0.3, 0.4) is 0 Å². The molecular weight excluding hydrogens is 464 g/mol. The van der Waals surface area contributed by atoms with Crippen LogP contribution in [0.15, 0.2) is 70.5 Å². The minimum atomic E-state index is 0.147. The lowest BCUT2D eigenvalue weighted by Gasteiger charge is -2.19. The van der Waals surface area contributed by atoms with E-state index in [1.54, 1.807) is 17.8 Å². The van der Waals surface area contributed by atoms with Crippen LogP contribution in [0.5, 0.6) is 5.75 Å². The van der Waals surface area contributed by atoms with Gasteiger partial charge < -0.3 is 10.4 Å². The second-order valence-corrected chi connectivity index (χ2v) is 11.6. The van der Waals surface area contributed by atoms with Crippen LogP contribution in [0.25, 0.3) is 16.7 Å². The number of nitrogens with zero attached hydrogens (tertiary/aromatic N) is 3. The van der Waals surface area contributed by atoms with Crippen LogP contribution in [0, 0.1) is 0 Å². The Labute approximate surface area is 219 Å². The molecule has 0 aliphatic rings. The first-order valence-electron chi connectivity index (χ1n) is 13.1. The SMILES string of the molecule is CCCCCCCCNc1ccc(-n2nc3ccc(Sc4ccc(C(C)(C)C)cc4)cc3n2)c(O)c1. The summed E-state index contributed by atoms with van der Waals surface area (Å²) in [4.78, 5) is 3.82. The van der Waals surface area contributed by atoms with Gasteiger partial charge in [0.25, 0.3) is 0 Å². The van der Waals surface area contributed by atoms with Gasteiger partial charge >= 0.3 is 0 Å². The lowest BCUT2D eigenvalue weighted by molar-refractivity contribution is 0.468. The van der Waals surface area contributed by atoms with Crippen molar-refractivity contribution in [3.63, 3.8) is 0 Å². The van der Waals surface area contributed by atoms with Crippen molar-refractivity contribution in [2.75, 3.05) is 11.9 Å². The summed E-state index contributed by atoms with van der Waals surface area (Å²) in [6.45, 7) is 9.83. The summed E-state index contributed by atoms with van der Waals surface area (Å²) in [7, 11) is 0. The molecule has 36 heavy (non-hydrogen) atoms. The normalized spacial score (nSPS) is 11.8. The molecule has 0 fully saturated rings. The number of benzene rings is 3. The van der Waals surface area contributed by atoms with Gasteiger partial charge in [-0.05, 0) is 59.9 Å². The van der Waals surface area contributed by atoms with E-state index in [9.17, 15) is 5.11 Å². The molecule has 0 aliphatic carbocycles. The zero-order chi connectivity index (χ0) is 25.5. The molecule has 5 nitrogen and oxygen atoms in total. The fraction of sp³-hybridized carbons (Fsp3) is 0.400. The first-order chi connectivity index (χ1) is 17.3. The van der Waals surface area contributed by atoms with Gasteiger partial charge in [0.05, 0.1) is 0 Å². The monoisotopic (exact) mass is 502 g/mol. The van der Waals surface area contributed by atoms with Crippen molar-refractivity contribution in [1.82, 2.24) is 15.0 Å². The van der Waals surface area contributed by atoms with E-state index in [1.807, 2.05) is 18.2 Å². The zero-order valence-electron chi connectivity index (χ0n) is 21.9. The first kappa shape index (κ1) is 26.1. The van der Waals surface area contributed by atoms with Crippen LogP contribution in [0.4, 0.5) is 5.69 Å². The summed E-state index contributed by atoms with van der Waals surface area (Å²) in [6.07, 6.45) is 7.59. The van der Waals surface area contributed by atoms with E-state index in [1.165, 1.54) is 47.4 Å². The number of nitrogens with one attached hydrogen (secondary N) is 1. The predicted octanol–water partition coefficient (Wildman–Crippen LogP) is 8.35. The van der Waals surface area contributed by atoms with E-state index in [0.29, 0.717) is 5.69 Å². The van der Waals surface area contributed by atoms with E-state index < -0.39 is 0 Å². The van der Waals surface area contributed by atoms with Gasteiger partial charge in [-0.15, -0.1) is 15.0 Å². The third kappa shape index (κ3) is 6.82. The Kier molecular flexibility index (Phi) is 8.57. The Bertz CT molecular complexity index is 1270. The van der Waals surface area contributed by atoms with Gasteiger partial charge in [-0.2, -0.15) is 0 Å². The third-order valence-electron chi connectivity index (χ3n) is 6.36. The Hall–Kier alpha value is -2.99. The van der Waals surface area contributed by atoms with Crippen LogP contribution < -0.4 is 5.32 Å². The van der Waals surface area contributed by atoms with Crippen molar-refractivity contribution in [2.45, 2.75) is 81.4 Å². The summed E-state index contributed by atoms with van der Waals surface area (Å²) in [6, 6.07) is 20.4. The molecule has 0 atom stereocenters. The van der Waals surface area contributed by atoms with Crippen molar-refractivity contribution in [2.24, 2.45) is 0 Å². The molecule has 0 saturated heterocycles. The molecule has 0 spiro atoms. The molecule has 1 aromatic heterocycles. The minimum Gasteiger partial charge on any atom is -0.506 e. The summed E-state index contributed by atoms with van der Waals surface area (Å²) in [5.74, 6) is 0.164. The highest BCUT2D eigenvalue weighted by molar-refractivity contribution is 7.99. The molecule has 0 aliphatic heterocycles. The number of anilines is 1. The lowest BCUT2D eigenvalue weighted by atomic mass is 9.87. The maximum Gasteiger partial charge on any atom is 0.145 e. The molecule has 0 amide bonds. The zero-order valence-corrected chi connectivity index (χ0v) is 22.7. The third-order valence-corrected chi connectivity index (χ3v) is 7.36. The molecule has 190 valence electrons.